The summed E-state index contributed by atoms with van der Waals surface area (Å²) in [5, 5.41) is 0.377. The van der Waals surface area contributed by atoms with Gasteiger partial charge in [-0.3, -0.25) is 4.72 Å². The number of anilines is 1. The molecule has 0 saturated carbocycles. The average molecular weight is 293 g/mol. The number of sulfonamides is 1. The zero-order chi connectivity index (χ0) is 13.8. The Hall–Kier alpha value is -0.980. The third-order valence-electron chi connectivity index (χ3n) is 2.03. The molecule has 18 heavy (non-hydrogen) atoms. The fourth-order valence-electron chi connectivity index (χ4n) is 1.23. The van der Waals surface area contributed by atoms with E-state index in [4.69, 9.17) is 16.3 Å². The largest absolute Gasteiger partial charge is 0.491 e. The van der Waals surface area contributed by atoms with E-state index >= 15 is 0 Å². The van der Waals surface area contributed by atoms with E-state index in [-0.39, 0.29) is 0 Å². The van der Waals surface area contributed by atoms with E-state index in [1.165, 1.54) is 6.07 Å². The van der Waals surface area contributed by atoms with Crippen LogP contribution in [-0.2, 0) is 10.0 Å². The van der Waals surface area contributed by atoms with Crippen molar-refractivity contribution >= 4 is 27.3 Å². The van der Waals surface area contributed by atoms with Crippen LogP contribution < -0.4 is 9.46 Å². The molecule has 0 fully saturated rings. The highest BCUT2D eigenvalue weighted by Crippen LogP contribution is 2.27. The molecule has 7 heteroatoms. The topological polar surface area (TPSA) is 58.6 Å². The maximum absolute atomic E-state index is 11.1. The molecule has 0 unspecified atom stereocenters. The van der Waals surface area contributed by atoms with Gasteiger partial charge in [0.2, 0.25) is 10.0 Å². The van der Waals surface area contributed by atoms with Crippen LogP contribution in [-0.4, -0.2) is 46.8 Å². The Morgan fingerprint density at radius 3 is 2.56 bits per heavy atom. The summed E-state index contributed by atoms with van der Waals surface area (Å²) in [6, 6.07) is 4.77. The lowest BCUT2D eigenvalue weighted by molar-refractivity contribution is 0.261. The minimum Gasteiger partial charge on any atom is -0.491 e. The molecule has 0 atom stereocenters. The molecule has 0 spiro atoms. The minimum atomic E-state index is -3.29. The van der Waals surface area contributed by atoms with Gasteiger partial charge in [-0.2, -0.15) is 0 Å². The average Bonchev–Trinajstić information content (AvgIpc) is 2.18. The van der Waals surface area contributed by atoms with Crippen molar-refractivity contribution in [3.8, 4) is 5.75 Å². The van der Waals surface area contributed by atoms with E-state index in [2.05, 4.69) is 4.72 Å². The van der Waals surface area contributed by atoms with E-state index < -0.39 is 10.0 Å². The molecule has 0 amide bonds. The first-order valence-electron chi connectivity index (χ1n) is 5.33. The van der Waals surface area contributed by atoms with E-state index in [0.29, 0.717) is 23.1 Å². The Morgan fingerprint density at radius 1 is 1.39 bits per heavy atom. The van der Waals surface area contributed by atoms with Crippen LogP contribution in [0.15, 0.2) is 18.2 Å². The van der Waals surface area contributed by atoms with Gasteiger partial charge in [0.1, 0.15) is 12.4 Å². The van der Waals surface area contributed by atoms with Crippen LogP contribution in [0.25, 0.3) is 0 Å². The molecule has 0 bridgehead atoms. The van der Waals surface area contributed by atoms with Crippen LogP contribution in [0.2, 0.25) is 5.02 Å². The van der Waals surface area contributed by atoms with Crippen LogP contribution in [0.4, 0.5) is 5.69 Å². The molecule has 5 nitrogen and oxygen atoms in total. The summed E-state index contributed by atoms with van der Waals surface area (Å²) in [5.74, 6) is 0.539. The highest BCUT2D eigenvalue weighted by atomic mass is 35.5. The second-order valence-corrected chi connectivity index (χ2v) is 6.33. The Bertz CT molecular complexity index is 503. The number of nitrogens with zero attached hydrogens (tertiary/aromatic N) is 1. The number of benzene rings is 1. The molecular formula is C11H17ClN2O3S. The lowest BCUT2D eigenvalue weighted by Crippen LogP contribution is -2.19. The molecule has 102 valence electrons. The molecule has 1 rings (SSSR count). The van der Waals surface area contributed by atoms with Gasteiger partial charge in [0.25, 0.3) is 0 Å². The maximum Gasteiger partial charge on any atom is 0.229 e. The number of halogens is 1. The minimum absolute atomic E-state index is 0.377. The molecule has 0 aliphatic carbocycles. The fraction of sp³-hybridized carbons (Fsp3) is 0.455. The Morgan fingerprint density at radius 2 is 2.06 bits per heavy atom. The van der Waals surface area contributed by atoms with Gasteiger partial charge in [-0.15, -0.1) is 0 Å². The van der Waals surface area contributed by atoms with Gasteiger partial charge in [-0.25, -0.2) is 8.42 Å². The Balaban J connectivity index is 2.68. The second-order valence-electron chi connectivity index (χ2n) is 4.17. The maximum atomic E-state index is 11.1. The summed E-state index contributed by atoms with van der Waals surface area (Å²) in [4.78, 5) is 1.99. The smallest absolute Gasteiger partial charge is 0.229 e. The van der Waals surface area contributed by atoms with Crippen molar-refractivity contribution in [1.29, 1.82) is 0 Å². The predicted molar refractivity (Wildman–Crippen MR) is 74.0 cm³/mol. The van der Waals surface area contributed by atoms with Crippen LogP contribution in [0.1, 0.15) is 0 Å². The monoisotopic (exact) mass is 292 g/mol. The molecule has 0 aromatic heterocycles. The Labute approximate surface area is 113 Å². The van der Waals surface area contributed by atoms with Crippen molar-refractivity contribution in [3.63, 3.8) is 0 Å². The van der Waals surface area contributed by atoms with Crippen LogP contribution in [0.3, 0.4) is 0 Å². The zero-order valence-electron chi connectivity index (χ0n) is 10.6. The molecule has 0 saturated heterocycles. The molecule has 0 aliphatic heterocycles. The first-order valence-corrected chi connectivity index (χ1v) is 7.60. The molecule has 1 N–H and O–H groups in total. The molecular weight excluding hydrogens is 276 g/mol. The third kappa shape index (κ3) is 5.57. The summed E-state index contributed by atoms with van der Waals surface area (Å²) >= 11 is 6.00. The van der Waals surface area contributed by atoms with Gasteiger partial charge in [-0.05, 0) is 32.3 Å². The fourth-order valence-corrected chi connectivity index (χ4v) is 2.02. The second kappa shape index (κ2) is 6.26. The molecule has 0 aliphatic rings. The van der Waals surface area contributed by atoms with Gasteiger partial charge in [0.15, 0.2) is 0 Å². The van der Waals surface area contributed by atoms with Crippen LogP contribution in [0.5, 0.6) is 5.75 Å². The molecule has 0 heterocycles. The Kier molecular flexibility index (Phi) is 5.25. The van der Waals surface area contributed by atoms with Gasteiger partial charge in [-0.1, -0.05) is 11.6 Å². The van der Waals surface area contributed by atoms with Crippen molar-refractivity contribution in [3.05, 3.63) is 23.2 Å². The van der Waals surface area contributed by atoms with E-state index in [1.807, 2.05) is 19.0 Å². The molecule has 0 radical (unpaired) electrons. The summed E-state index contributed by atoms with van der Waals surface area (Å²) in [6.45, 7) is 1.30. The number of rotatable bonds is 6. The van der Waals surface area contributed by atoms with Crippen molar-refractivity contribution in [2.24, 2.45) is 0 Å². The highest BCUT2D eigenvalue weighted by Gasteiger charge is 2.06. The van der Waals surface area contributed by atoms with Gasteiger partial charge >= 0.3 is 0 Å². The highest BCUT2D eigenvalue weighted by molar-refractivity contribution is 7.92. The van der Waals surface area contributed by atoms with Crippen molar-refractivity contribution in [2.75, 3.05) is 38.2 Å². The normalized spacial score (nSPS) is 11.6. The van der Waals surface area contributed by atoms with Crippen LogP contribution >= 0.6 is 11.6 Å². The SMILES string of the molecule is CN(C)CCOc1ccc(NS(C)(=O)=O)cc1Cl. The number of hydrogen-bond donors (Lipinski definition) is 1. The van der Waals surface area contributed by atoms with E-state index in [1.54, 1.807) is 12.1 Å². The first kappa shape index (κ1) is 15.1. The number of hydrogen-bond acceptors (Lipinski definition) is 4. The van der Waals surface area contributed by atoms with E-state index in [0.717, 1.165) is 12.8 Å². The van der Waals surface area contributed by atoms with Crippen molar-refractivity contribution < 1.29 is 13.2 Å². The quantitative estimate of drug-likeness (QED) is 0.866. The summed E-state index contributed by atoms with van der Waals surface area (Å²) in [6.07, 6.45) is 1.09. The van der Waals surface area contributed by atoms with Crippen molar-refractivity contribution in [1.82, 2.24) is 4.90 Å². The third-order valence-corrected chi connectivity index (χ3v) is 2.93. The summed E-state index contributed by atoms with van der Waals surface area (Å²) in [5.41, 5.74) is 0.419. The molecule has 1 aromatic carbocycles. The summed E-state index contributed by atoms with van der Waals surface area (Å²) < 4.78 is 29.9. The van der Waals surface area contributed by atoms with Gasteiger partial charge in [0, 0.05) is 6.54 Å². The van der Waals surface area contributed by atoms with Crippen molar-refractivity contribution in [2.45, 2.75) is 0 Å². The number of nitrogens with one attached hydrogen (secondary N) is 1. The first-order chi connectivity index (χ1) is 8.28. The number of likely N-dealkylation sites (N-methyl/N-ethyl adjacent to an activating group) is 1. The van der Waals surface area contributed by atoms with E-state index in [9.17, 15) is 8.42 Å². The zero-order valence-corrected chi connectivity index (χ0v) is 12.2. The van der Waals surface area contributed by atoms with Gasteiger partial charge < -0.3 is 9.64 Å². The lowest BCUT2D eigenvalue weighted by Gasteiger charge is -2.12. The summed E-state index contributed by atoms with van der Waals surface area (Å²) in [7, 11) is 0.606. The number of ether oxygens (including phenoxy) is 1. The predicted octanol–water partition coefficient (Wildman–Crippen LogP) is 1.65. The van der Waals surface area contributed by atoms with Gasteiger partial charge in [0.05, 0.1) is 17.0 Å². The lowest BCUT2D eigenvalue weighted by atomic mass is 10.3. The standard InChI is InChI=1S/C11H17ClN2O3S/c1-14(2)6-7-17-11-5-4-9(8-10(11)12)13-18(3,15)16/h4-5,8,13H,6-7H2,1-3H3. The van der Waals surface area contributed by atoms with Crippen LogP contribution in [0, 0.1) is 0 Å². The molecule has 1 aromatic rings.